The third kappa shape index (κ3) is 4.10. The SMILES string of the molecule is COc1cccc(-c2nnnn2C2COC3C(NC(=O)COCC(=O)O)COC32)c1. The molecule has 2 aromatic rings. The minimum Gasteiger partial charge on any atom is -0.497 e. The minimum absolute atomic E-state index is 0.257. The number of nitrogens with zero attached hydrogens (tertiary/aromatic N) is 4. The summed E-state index contributed by atoms with van der Waals surface area (Å²) in [5.41, 5.74) is 0.793. The van der Waals surface area contributed by atoms with E-state index in [9.17, 15) is 9.59 Å². The fourth-order valence-electron chi connectivity index (χ4n) is 3.66. The summed E-state index contributed by atoms with van der Waals surface area (Å²) in [7, 11) is 1.59. The first kappa shape index (κ1) is 20.2. The molecule has 1 aromatic heterocycles. The van der Waals surface area contributed by atoms with Crippen molar-refractivity contribution >= 4 is 11.9 Å². The second kappa shape index (κ2) is 8.73. The fourth-order valence-corrected chi connectivity index (χ4v) is 3.66. The maximum Gasteiger partial charge on any atom is 0.329 e. The summed E-state index contributed by atoms with van der Waals surface area (Å²) in [5, 5.41) is 23.4. The molecular formula is C18H21N5O7. The van der Waals surface area contributed by atoms with Crippen LogP contribution in [-0.4, -0.2) is 89.0 Å². The van der Waals surface area contributed by atoms with Crippen molar-refractivity contribution in [3.8, 4) is 17.1 Å². The topological polar surface area (TPSA) is 147 Å². The second-order valence-corrected chi connectivity index (χ2v) is 6.90. The zero-order valence-electron chi connectivity index (χ0n) is 16.1. The predicted molar refractivity (Wildman–Crippen MR) is 98.7 cm³/mol. The van der Waals surface area contributed by atoms with Crippen LogP contribution >= 0.6 is 0 Å². The van der Waals surface area contributed by atoms with Crippen LogP contribution in [0.5, 0.6) is 5.75 Å². The number of rotatable bonds is 8. The molecule has 0 bridgehead atoms. The first-order valence-electron chi connectivity index (χ1n) is 9.31. The second-order valence-electron chi connectivity index (χ2n) is 6.90. The summed E-state index contributed by atoms with van der Waals surface area (Å²) in [6.45, 7) is -0.311. The van der Waals surface area contributed by atoms with Crippen molar-refractivity contribution in [3.63, 3.8) is 0 Å². The third-order valence-electron chi connectivity index (χ3n) is 4.97. The molecule has 2 N–H and O–H groups in total. The van der Waals surface area contributed by atoms with E-state index >= 15 is 0 Å². The lowest BCUT2D eigenvalue weighted by Gasteiger charge is -2.18. The molecular weight excluding hydrogens is 398 g/mol. The highest BCUT2D eigenvalue weighted by Gasteiger charge is 2.50. The molecule has 0 aliphatic carbocycles. The van der Waals surface area contributed by atoms with E-state index in [2.05, 4.69) is 20.8 Å². The zero-order chi connectivity index (χ0) is 21.1. The number of methoxy groups -OCH3 is 1. The molecule has 160 valence electrons. The number of carbonyl (C=O) groups is 2. The number of aromatic nitrogens is 4. The Labute approximate surface area is 171 Å². The maximum atomic E-state index is 12.0. The molecule has 0 saturated carbocycles. The van der Waals surface area contributed by atoms with Crippen molar-refractivity contribution in [1.29, 1.82) is 0 Å². The number of tetrazole rings is 1. The van der Waals surface area contributed by atoms with E-state index in [1.165, 1.54) is 0 Å². The molecule has 12 nitrogen and oxygen atoms in total. The van der Waals surface area contributed by atoms with Crippen LogP contribution in [0, 0.1) is 0 Å². The summed E-state index contributed by atoms with van der Waals surface area (Å²) in [6.07, 6.45) is -0.719. The maximum absolute atomic E-state index is 12.0. The van der Waals surface area contributed by atoms with Gasteiger partial charge in [0.2, 0.25) is 5.91 Å². The summed E-state index contributed by atoms with van der Waals surface area (Å²) < 4.78 is 23.5. The molecule has 1 amide bonds. The van der Waals surface area contributed by atoms with Crippen molar-refractivity contribution in [1.82, 2.24) is 25.5 Å². The lowest BCUT2D eigenvalue weighted by molar-refractivity contribution is -0.143. The Hall–Kier alpha value is -3.09. The number of ether oxygens (including phenoxy) is 4. The van der Waals surface area contributed by atoms with Crippen molar-refractivity contribution in [3.05, 3.63) is 24.3 Å². The quantitative estimate of drug-likeness (QED) is 0.561. The van der Waals surface area contributed by atoms with E-state index < -0.39 is 18.5 Å². The van der Waals surface area contributed by atoms with Gasteiger partial charge in [-0.15, -0.1) is 5.10 Å². The number of hydrogen-bond acceptors (Lipinski definition) is 9. The van der Waals surface area contributed by atoms with E-state index in [0.29, 0.717) is 18.2 Å². The van der Waals surface area contributed by atoms with E-state index in [1.807, 2.05) is 24.3 Å². The Bertz CT molecular complexity index is 920. The van der Waals surface area contributed by atoms with Crippen LogP contribution in [0.4, 0.5) is 0 Å². The van der Waals surface area contributed by atoms with E-state index in [0.717, 1.165) is 5.56 Å². The summed E-state index contributed by atoms with van der Waals surface area (Å²) in [6, 6.07) is 6.76. The molecule has 2 aliphatic heterocycles. The highest BCUT2D eigenvalue weighted by Crippen LogP contribution is 2.36. The van der Waals surface area contributed by atoms with Crippen molar-refractivity contribution < 1.29 is 33.6 Å². The highest BCUT2D eigenvalue weighted by atomic mass is 16.6. The molecule has 3 heterocycles. The van der Waals surface area contributed by atoms with Crippen LogP contribution in [0.25, 0.3) is 11.4 Å². The summed E-state index contributed by atoms with van der Waals surface area (Å²) in [4.78, 5) is 22.5. The van der Waals surface area contributed by atoms with Gasteiger partial charge in [-0.2, -0.15) is 0 Å². The number of carboxylic acids is 1. The summed E-state index contributed by atoms with van der Waals surface area (Å²) >= 11 is 0. The fraction of sp³-hybridized carbons (Fsp3) is 0.500. The monoisotopic (exact) mass is 419 g/mol. The van der Waals surface area contributed by atoms with Gasteiger partial charge in [0.25, 0.3) is 0 Å². The number of benzene rings is 1. The van der Waals surface area contributed by atoms with Gasteiger partial charge in [-0.25, -0.2) is 9.48 Å². The number of aliphatic carboxylic acids is 1. The Kier molecular flexibility index (Phi) is 5.88. The molecule has 4 unspecified atom stereocenters. The Morgan fingerprint density at radius 3 is 2.90 bits per heavy atom. The van der Waals surface area contributed by atoms with Crippen LogP contribution in [0.3, 0.4) is 0 Å². The Morgan fingerprint density at radius 1 is 1.27 bits per heavy atom. The van der Waals surface area contributed by atoms with E-state index in [1.54, 1.807) is 11.8 Å². The predicted octanol–water partition coefficient (Wildman–Crippen LogP) is -0.727. The number of nitrogens with one attached hydrogen (secondary N) is 1. The highest BCUT2D eigenvalue weighted by molar-refractivity contribution is 5.78. The van der Waals surface area contributed by atoms with Crippen LogP contribution < -0.4 is 10.1 Å². The third-order valence-corrected chi connectivity index (χ3v) is 4.97. The molecule has 4 rings (SSSR count). The first-order chi connectivity index (χ1) is 14.6. The number of amides is 1. The van der Waals surface area contributed by atoms with Crippen molar-refractivity contribution in [2.75, 3.05) is 33.5 Å². The standard InChI is InChI=1S/C18H21N5O7/c1-27-11-4-2-3-10(5-11)18-20-21-22-23(18)13-7-30-16-12(6-29-17(13)16)19-14(24)8-28-9-15(25)26/h2-5,12-13,16-17H,6-9H2,1H3,(H,19,24)(H,25,26). The molecule has 12 heteroatoms. The van der Waals surface area contributed by atoms with E-state index in [4.69, 9.17) is 24.1 Å². The molecule has 0 radical (unpaired) electrons. The van der Waals surface area contributed by atoms with Gasteiger partial charge < -0.3 is 29.4 Å². The molecule has 30 heavy (non-hydrogen) atoms. The smallest absolute Gasteiger partial charge is 0.329 e. The largest absolute Gasteiger partial charge is 0.497 e. The van der Waals surface area contributed by atoms with Crippen LogP contribution in [0.15, 0.2) is 24.3 Å². The molecule has 2 fully saturated rings. The van der Waals surface area contributed by atoms with Crippen molar-refractivity contribution in [2.45, 2.75) is 24.3 Å². The van der Waals surface area contributed by atoms with Crippen LogP contribution in [-0.2, 0) is 23.8 Å². The molecule has 1 aromatic carbocycles. The van der Waals surface area contributed by atoms with Crippen LogP contribution in [0.1, 0.15) is 6.04 Å². The zero-order valence-corrected chi connectivity index (χ0v) is 16.1. The van der Waals surface area contributed by atoms with Gasteiger partial charge >= 0.3 is 5.97 Å². The van der Waals surface area contributed by atoms with Gasteiger partial charge in [0.05, 0.1) is 26.4 Å². The first-order valence-corrected chi connectivity index (χ1v) is 9.31. The van der Waals surface area contributed by atoms with Crippen molar-refractivity contribution in [2.24, 2.45) is 0 Å². The number of hydrogen-bond donors (Lipinski definition) is 2. The van der Waals surface area contributed by atoms with Gasteiger partial charge in [0.15, 0.2) is 5.82 Å². The summed E-state index contributed by atoms with van der Waals surface area (Å²) in [5.74, 6) is -0.326. The number of carboxylic acid groups (broad SMARTS) is 1. The Balaban J connectivity index is 1.43. The van der Waals surface area contributed by atoms with Gasteiger partial charge in [0.1, 0.15) is 37.2 Å². The average molecular weight is 419 g/mol. The van der Waals surface area contributed by atoms with Gasteiger partial charge in [-0.05, 0) is 22.6 Å². The minimum atomic E-state index is -1.14. The normalized spacial score (nSPS) is 25.1. The van der Waals surface area contributed by atoms with Gasteiger partial charge in [-0.1, -0.05) is 12.1 Å². The molecule has 0 spiro atoms. The van der Waals surface area contributed by atoms with E-state index in [-0.39, 0.29) is 37.5 Å². The number of carbonyl (C=O) groups excluding carboxylic acids is 1. The van der Waals surface area contributed by atoms with Crippen LogP contribution in [0.2, 0.25) is 0 Å². The van der Waals surface area contributed by atoms with Gasteiger partial charge in [-0.3, -0.25) is 4.79 Å². The van der Waals surface area contributed by atoms with Gasteiger partial charge in [0, 0.05) is 5.56 Å². The molecule has 4 atom stereocenters. The Morgan fingerprint density at radius 2 is 2.10 bits per heavy atom. The number of fused-ring (bicyclic) bond motifs is 1. The average Bonchev–Trinajstić information content (AvgIpc) is 3.45. The lowest BCUT2D eigenvalue weighted by Crippen LogP contribution is -2.45. The molecule has 2 aliphatic rings. The molecule has 2 saturated heterocycles. The lowest BCUT2D eigenvalue weighted by atomic mass is 10.1.